The summed E-state index contributed by atoms with van der Waals surface area (Å²) in [5.74, 6) is 0.999. The molecule has 2 heterocycles. The van der Waals surface area contributed by atoms with Gasteiger partial charge in [-0.25, -0.2) is 4.68 Å². The zero-order chi connectivity index (χ0) is 17.0. The van der Waals surface area contributed by atoms with E-state index in [0.717, 1.165) is 24.1 Å². The molecule has 0 unspecified atom stereocenters. The number of tetrazole rings is 1. The fraction of sp³-hybridized carbons (Fsp3) is 0.938. The number of hydrogen-bond donors (Lipinski definition) is 0. The van der Waals surface area contributed by atoms with Gasteiger partial charge in [0.05, 0.1) is 6.54 Å². The molecule has 1 aliphatic heterocycles. The van der Waals surface area contributed by atoms with Gasteiger partial charge in [0.25, 0.3) is 0 Å². The van der Waals surface area contributed by atoms with Gasteiger partial charge in [-0.05, 0) is 48.6 Å². The van der Waals surface area contributed by atoms with Gasteiger partial charge in [0.1, 0.15) is 6.54 Å². The summed E-state index contributed by atoms with van der Waals surface area (Å²) in [5, 5.41) is 10.9. The minimum absolute atomic E-state index is 0.329. The van der Waals surface area contributed by atoms with Crippen LogP contribution in [0.1, 0.15) is 63.6 Å². The first-order valence-corrected chi connectivity index (χ1v) is 9.09. The van der Waals surface area contributed by atoms with Crippen molar-refractivity contribution < 1.29 is 13.2 Å². The molecule has 0 radical (unpaired) electrons. The second-order valence-corrected chi connectivity index (χ2v) is 7.15. The lowest BCUT2D eigenvalue weighted by molar-refractivity contribution is -0.143. The topological polar surface area (TPSA) is 46.8 Å². The molecular formula is C16H26F3N5. The highest BCUT2D eigenvalue weighted by Crippen LogP contribution is 2.33. The average Bonchev–Trinajstić information content (AvgIpc) is 2.82. The third kappa shape index (κ3) is 4.68. The van der Waals surface area contributed by atoms with Gasteiger partial charge in [0.15, 0.2) is 5.82 Å². The van der Waals surface area contributed by atoms with E-state index in [1.165, 1.54) is 44.9 Å². The molecule has 1 saturated heterocycles. The van der Waals surface area contributed by atoms with Crippen LogP contribution >= 0.6 is 0 Å². The first kappa shape index (κ1) is 17.6. The Morgan fingerprint density at radius 2 is 1.67 bits per heavy atom. The molecule has 1 aliphatic carbocycles. The average molecular weight is 345 g/mol. The van der Waals surface area contributed by atoms with Crippen LogP contribution < -0.4 is 0 Å². The second-order valence-electron chi connectivity index (χ2n) is 7.15. The van der Waals surface area contributed by atoms with Crippen molar-refractivity contribution in [1.29, 1.82) is 0 Å². The van der Waals surface area contributed by atoms with E-state index in [1.54, 1.807) is 0 Å². The first-order valence-electron chi connectivity index (χ1n) is 9.09. The molecule has 2 aliphatic rings. The molecule has 0 N–H and O–H groups in total. The number of nitrogens with zero attached hydrogens (tertiary/aromatic N) is 5. The van der Waals surface area contributed by atoms with Crippen LogP contribution in [-0.2, 0) is 13.1 Å². The Bertz CT molecular complexity index is 510. The summed E-state index contributed by atoms with van der Waals surface area (Å²) in [6.07, 6.45) is 6.72. The van der Waals surface area contributed by atoms with E-state index < -0.39 is 12.7 Å². The smallest absolute Gasteiger partial charge is 0.293 e. The van der Waals surface area contributed by atoms with Crippen molar-refractivity contribution in [3.8, 4) is 0 Å². The zero-order valence-electron chi connectivity index (χ0n) is 14.0. The monoisotopic (exact) mass is 345 g/mol. The Kier molecular flexibility index (Phi) is 5.73. The van der Waals surface area contributed by atoms with Crippen molar-refractivity contribution >= 4 is 0 Å². The van der Waals surface area contributed by atoms with E-state index in [9.17, 15) is 13.2 Å². The molecule has 0 spiro atoms. The third-order valence-corrected chi connectivity index (χ3v) is 5.39. The molecule has 0 aromatic carbocycles. The quantitative estimate of drug-likeness (QED) is 0.837. The van der Waals surface area contributed by atoms with Crippen molar-refractivity contribution in [2.24, 2.45) is 5.92 Å². The number of halogens is 3. The minimum atomic E-state index is -4.30. The lowest BCUT2D eigenvalue weighted by Crippen LogP contribution is -2.41. The maximum Gasteiger partial charge on any atom is 0.408 e. The number of hydrogen-bond acceptors (Lipinski definition) is 4. The summed E-state index contributed by atoms with van der Waals surface area (Å²) in [6.45, 7) is 0.238. The van der Waals surface area contributed by atoms with Crippen molar-refractivity contribution in [2.75, 3.05) is 6.54 Å². The molecule has 1 aromatic rings. The van der Waals surface area contributed by atoms with Gasteiger partial charge >= 0.3 is 6.18 Å². The summed E-state index contributed by atoms with van der Waals surface area (Å²) in [6, 6.07) is 0.462. The predicted molar refractivity (Wildman–Crippen MR) is 83.1 cm³/mol. The van der Waals surface area contributed by atoms with Gasteiger partial charge in [-0.2, -0.15) is 13.2 Å². The molecule has 24 heavy (non-hydrogen) atoms. The molecule has 0 amide bonds. The second kappa shape index (κ2) is 7.80. The maximum absolute atomic E-state index is 12.7. The molecule has 136 valence electrons. The van der Waals surface area contributed by atoms with Gasteiger partial charge < -0.3 is 0 Å². The van der Waals surface area contributed by atoms with Crippen LogP contribution in [0.15, 0.2) is 0 Å². The predicted octanol–water partition coefficient (Wildman–Crippen LogP) is 3.56. The highest BCUT2D eigenvalue weighted by atomic mass is 19.4. The maximum atomic E-state index is 12.7. The Labute approximate surface area is 140 Å². The fourth-order valence-electron chi connectivity index (χ4n) is 4.25. The Balaban J connectivity index is 1.72. The third-order valence-electron chi connectivity index (χ3n) is 5.39. The number of aromatic nitrogens is 4. The van der Waals surface area contributed by atoms with Crippen LogP contribution in [0, 0.1) is 5.92 Å². The Morgan fingerprint density at radius 3 is 2.42 bits per heavy atom. The van der Waals surface area contributed by atoms with E-state index in [-0.39, 0.29) is 0 Å². The van der Waals surface area contributed by atoms with Crippen LogP contribution in [0.4, 0.5) is 13.2 Å². The van der Waals surface area contributed by atoms with E-state index in [0.29, 0.717) is 24.3 Å². The van der Waals surface area contributed by atoms with Gasteiger partial charge in [0.2, 0.25) is 0 Å². The lowest BCUT2D eigenvalue weighted by Gasteiger charge is -2.37. The van der Waals surface area contributed by atoms with E-state index in [4.69, 9.17) is 0 Å². The van der Waals surface area contributed by atoms with Gasteiger partial charge in [-0.1, -0.05) is 32.1 Å². The van der Waals surface area contributed by atoms with E-state index >= 15 is 0 Å². The van der Waals surface area contributed by atoms with Crippen molar-refractivity contribution in [1.82, 2.24) is 25.1 Å². The Morgan fingerprint density at radius 1 is 0.958 bits per heavy atom. The van der Waals surface area contributed by atoms with Crippen LogP contribution in [0.5, 0.6) is 0 Å². The van der Waals surface area contributed by atoms with E-state index in [1.807, 2.05) is 0 Å². The lowest BCUT2D eigenvalue weighted by atomic mass is 9.81. The normalized spacial score (nSPS) is 24.9. The van der Waals surface area contributed by atoms with Gasteiger partial charge in [-0.15, -0.1) is 5.10 Å². The van der Waals surface area contributed by atoms with Crippen LogP contribution in [0.3, 0.4) is 0 Å². The summed E-state index contributed by atoms with van der Waals surface area (Å²) >= 11 is 0. The highest BCUT2D eigenvalue weighted by molar-refractivity contribution is 4.89. The van der Waals surface area contributed by atoms with Gasteiger partial charge in [-0.3, -0.25) is 4.90 Å². The molecule has 5 nitrogen and oxygen atoms in total. The summed E-state index contributed by atoms with van der Waals surface area (Å²) in [4.78, 5) is 2.35. The fourth-order valence-corrected chi connectivity index (χ4v) is 4.25. The van der Waals surface area contributed by atoms with Gasteiger partial charge in [0, 0.05) is 6.04 Å². The molecule has 1 atom stereocenters. The molecule has 3 rings (SSSR count). The highest BCUT2D eigenvalue weighted by Gasteiger charge is 2.33. The summed E-state index contributed by atoms with van der Waals surface area (Å²) in [7, 11) is 0. The minimum Gasteiger partial charge on any atom is -0.293 e. The zero-order valence-corrected chi connectivity index (χ0v) is 14.0. The summed E-state index contributed by atoms with van der Waals surface area (Å²) in [5.41, 5.74) is 0. The first-order chi connectivity index (χ1) is 11.5. The van der Waals surface area contributed by atoms with Crippen LogP contribution in [-0.4, -0.2) is 43.9 Å². The number of alkyl halides is 3. The molecule has 1 saturated carbocycles. The van der Waals surface area contributed by atoms with Crippen LogP contribution in [0.2, 0.25) is 0 Å². The van der Waals surface area contributed by atoms with Crippen molar-refractivity contribution in [2.45, 2.75) is 83.1 Å². The number of rotatable bonds is 4. The molecule has 2 fully saturated rings. The van der Waals surface area contributed by atoms with Crippen molar-refractivity contribution in [3.05, 3.63) is 5.82 Å². The largest absolute Gasteiger partial charge is 0.408 e. The summed E-state index contributed by atoms with van der Waals surface area (Å²) < 4.78 is 38.9. The number of likely N-dealkylation sites (tertiary alicyclic amines) is 1. The van der Waals surface area contributed by atoms with Crippen LogP contribution in [0.25, 0.3) is 0 Å². The Hall–Kier alpha value is -1.18. The molecule has 8 heteroatoms. The van der Waals surface area contributed by atoms with E-state index in [2.05, 4.69) is 20.4 Å². The SMILES string of the molecule is FC(F)(F)Cn1nnnc1CN1CCCCC[C@@H]1C1CCCCC1. The molecule has 0 bridgehead atoms. The standard InChI is InChI=1S/C16H26F3N5/c17-16(18,19)12-24-15(20-21-22-24)11-23-10-6-2-5-9-14(23)13-7-3-1-4-8-13/h13-14H,1-12H2/t14-/m1/s1. The molecule has 1 aromatic heterocycles. The van der Waals surface area contributed by atoms with Crippen molar-refractivity contribution in [3.63, 3.8) is 0 Å². The molecular weight excluding hydrogens is 319 g/mol.